The predicted molar refractivity (Wildman–Crippen MR) is 119 cm³/mol. The Morgan fingerprint density at radius 1 is 1.07 bits per heavy atom. The van der Waals surface area contributed by atoms with Crippen LogP contribution in [0.25, 0.3) is 10.9 Å². The maximum absolute atomic E-state index is 4.61. The summed E-state index contributed by atoms with van der Waals surface area (Å²) in [6.07, 6.45) is 6.75. The average molecular weight is 387 g/mol. The van der Waals surface area contributed by atoms with Crippen LogP contribution in [0.15, 0.2) is 84.4 Å². The number of fused-ring (bicyclic) bond motifs is 4. The zero-order valence-electron chi connectivity index (χ0n) is 16.1. The summed E-state index contributed by atoms with van der Waals surface area (Å²) in [5.41, 5.74) is 2.52. The summed E-state index contributed by atoms with van der Waals surface area (Å²) in [7, 11) is 0. The van der Waals surface area contributed by atoms with Gasteiger partial charge in [-0.05, 0) is 61.1 Å². The van der Waals surface area contributed by atoms with E-state index in [-0.39, 0.29) is 0 Å². The first kappa shape index (κ1) is 18.0. The molecule has 142 valence electrons. The number of pyridine rings is 1. The summed E-state index contributed by atoms with van der Waals surface area (Å²) < 4.78 is 0. The second kappa shape index (κ2) is 7.73. The van der Waals surface area contributed by atoms with E-state index < -0.39 is 0 Å². The molecule has 3 fully saturated rings. The van der Waals surface area contributed by atoms with Gasteiger partial charge >= 0.3 is 0 Å². The molecule has 5 atom stereocenters. The van der Waals surface area contributed by atoms with E-state index in [2.05, 4.69) is 83.2 Å². The number of para-hydroxylation sites is 1. The minimum Gasteiger partial charge on any atom is -0.298 e. The van der Waals surface area contributed by atoms with Crippen molar-refractivity contribution in [3.63, 3.8) is 0 Å². The third-order valence-corrected chi connectivity index (χ3v) is 7.87. The fourth-order valence-corrected chi connectivity index (χ4v) is 6.43. The Morgan fingerprint density at radius 3 is 2.68 bits per heavy atom. The Bertz CT molecular complexity index is 965. The van der Waals surface area contributed by atoms with Gasteiger partial charge in [-0.2, -0.15) is 0 Å². The normalized spacial score (nSPS) is 27.6. The first-order valence-electron chi connectivity index (χ1n) is 10.3. The molecule has 1 unspecified atom stereocenters. The van der Waals surface area contributed by atoms with Crippen LogP contribution in [-0.4, -0.2) is 29.0 Å². The Labute approximate surface area is 171 Å². The van der Waals surface area contributed by atoms with Gasteiger partial charge in [0.05, 0.1) is 10.8 Å². The lowest BCUT2D eigenvalue weighted by molar-refractivity contribution is 0.0183. The summed E-state index contributed by atoms with van der Waals surface area (Å²) in [6, 6.07) is 22.3. The molecule has 0 radical (unpaired) electrons. The summed E-state index contributed by atoms with van der Waals surface area (Å²) in [4.78, 5) is 8.68. The second-order valence-electron chi connectivity index (χ2n) is 8.02. The van der Waals surface area contributed by atoms with Crippen molar-refractivity contribution in [2.24, 2.45) is 11.8 Å². The molecule has 2 aromatic carbocycles. The number of nitrogens with zero attached hydrogens (tertiary/aromatic N) is 2. The van der Waals surface area contributed by atoms with Gasteiger partial charge in [-0.15, -0.1) is 18.3 Å². The van der Waals surface area contributed by atoms with Crippen LogP contribution in [0.2, 0.25) is 0 Å². The van der Waals surface area contributed by atoms with Gasteiger partial charge in [0.1, 0.15) is 0 Å². The molecule has 3 aliphatic heterocycles. The topological polar surface area (TPSA) is 16.1 Å². The first-order valence-corrected chi connectivity index (χ1v) is 11.1. The van der Waals surface area contributed by atoms with E-state index in [1.165, 1.54) is 35.2 Å². The number of aromatic nitrogens is 1. The van der Waals surface area contributed by atoms with Gasteiger partial charge in [0.25, 0.3) is 0 Å². The lowest BCUT2D eigenvalue weighted by atomic mass is 9.74. The highest BCUT2D eigenvalue weighted by Crippen LogP contribution is 2.48. The molecule has 0 N–H and O–H groups in total. The highest BCUT2D eigenvalue weighted by Gasteiger charge is 2.43. The van der Waals surface area contributed by atoms with Crippen LogP contribution in [0, 0.1) is 11.8 Å². The third-order valence-electron chi connectivity index (χ3n) is 6.50. The molecule has 0 spiro atoms. The van der Waals surface area contributed by atoms with Gasteiger partial charge in [-0.25, -0.2) is 0 Å². The zero-order valence-corrected chi connectivity index (χ0v) is 16.9. The van der Waals surface area contributed by atoms with Crippen LogP contribution in [0.4, 0.5) is 0 Å². The molecule has 2 bridgehead atoms. The van der Waals surface area contributed by atoms with E-state index in [4.69, 9.17) is 0 Å². The van der Waals surface area contributed by atoms with Gasteiger partial charge in [-0.3, -0.25) is 9.88 Å². The Balaban J connectivity index is 1.57. The minimum atomic E-state index is 0.406. The first-order chi connectivity index (χ1) is 13.8. The Kier molecular flexibility index (Phi) is 4.96. The summed E-state index contributed by atoms with van der Waals surface area (Å²) in [6.45, 7) is 6.48. The number of hydrogen-bond acceptors (Lipinski definition) is 3. The molecule has 0 aliphatic carbocycles. The van der Waals surface area contributed by atoms with Gasteiger partial charge in [0.15, 0.2) is 0 Å². The fraction of sp³-hybridized carbons (Fsp3) is 0.320. The van der Waals surface area contributed by atoms with Crippen molar-refractivity contribution < 1.29 is 0 Å². The Hall–Kier alpha value is -2.10. The molecular formula is C25H26N2S. The van der Waals surface area contributed by atoms with E-state index >= 15 is 0 Å². The molecule has 28 heavy (non-hydrogen) atoms. The number of thioether (sulfide) groups is 1. The summed E-state index contributed by atoms with van der Waals surface area (Å²) >= 11 is 2.02. The van der Waals surface area contributed by atoms with E-state index in [0.29, 0.717) is 17.2 Å². The SMILES string of the molecule is C=C[C@H]1CN2CC[C@H]1C[C@@H]2[C@H](Sc1ccccc1)c1ccnc2ccccc12. The molecule has 1 aromatic heterocycles. The van der Waals surface area contributed by atoms with Crippen molar-refractivity contribution in [1.29, 1.82) is 0 Å². The van der Waals surface area contributed by atoms with E-state index in [9.17, 15) is 0 Å². The maximum Gasteiger partial charge on any atom is 0.0705 e. The van der Waals surface area contributed by atoms with Crippen LogP contribution < -0.4 is 0 Å². The monoisotopic (exact) mass is 386 g/mol. The number of hydrogen-bond donors (Lipinski definition) is 0. The van der Waals surface area contributed by atoms with Crippen molar-refractivity contribution in [1.82, 2.24) is 9.88 Å². The number of rotatable bonds is 5. The molecule has 3 aliphatic rings. The van der Waals surface area contributed by atoms with E-state index in [1.54, 1.807) is 0 Å². The van der Waals surface area contributed by atoms with Gasteiger partial charge < -0.3 is 0 Å². The molecule has 0 amide bonds. The molecule has 0 saturated carbocycles. The fourth-order valence-electron chi connectivity index (χ4n) is 5.05. The average Bonchev–Trinajstić information content (AvgIpc) is 2.78. The standard InChI is InChI=1S/C25H26N2S/c1-2-18-17-27-15-13-19(18)16-24(27)25(28-20-8-4-3-5-9-20)22-12-14-26-23-11-7-6-10-21(22)23/h2-12,14,18-19,24-25H,1,13,15-17H2/t18-,19-,24+,25+/m0/s1. The lowest BCUT2D eigenvalue weighted by Gasteiger charge is -2.51. The Morgan fingerprint density at radius 2 is 1.89 bits per heavy atom. The smallest absolute Gasteiger partial charge is 0.0705 e. The van der Waals surface area contributed by atoms with E-state index in [1.807, 2.05) is 18.0 Å². The van der Waals surface area contributed by atoms with Crippen molar-refractivity contribution in [2.45, 2.75) is 29.0 Å². The largest absolute Gasteiger partial charge is 0.298 e. The van der Waals surface area contributed by atoms with Crippen molar-refractivity contribution >= 4 is 22.7 Å². The predicted octanol–water partition coefficient (Wildman–Crippen LogP) is 5.96. The molecule has 3 heteroatoms. The maximum atomic E-state index is 4.61. The second-order valence-corrected chi connectivity index (χ2v) is 9.23. The molecule has 6 rings (SSSR count). The van der Waals surface area contributed by atoms with Crippen LogP contribution in [-0.2, 0) is 0 Å². The molecule has 3 aromatic rings. The van der Waals surface area contributed by atoms with Crippen molar-refractivity contribution in [2.75, 3.05) is 13.1 Å². The summed E-state index contributed by atoms with van der Waals surface area (Å²) in [5, 5.41) is 1.70. The van der Waals surface area contributed by atoms with Crippen molar-refractivity contribution in [3.8, 4) is 0 Å². The number of benzene rings is 2. The van der Waals surface area contributed by atoms with Gasteiger partial charge in [-0.1, -0.05) is 42.5 Å². The summed E-state index contributed by atoms with van der Waals surface area (Å²) in [5.74, 6) is 1.43. The highest BCUT2D eigenvalue weighted by atomic mass is 32.2. The van der Waals surface area contributed by atoms with Gasteiger partial charge in [0, 0.05) is 29.1 Å². The molecule has 3 saturated heterocycles. The zero-order chi connectivity index (χ0) is 18.9. The molecular weight excluding hydrogens is 360 g/mol. The molecule has 2 nitrogen and oxygen atoms in total. The van der Waals surface area contributed by atoms with Crippen LogP contribution in [0.1, 0.15) is 23.7 Å². The third kappa shape index (κ3) is 3.27. The highest BCUT2D eigenvalue weighted by molar-refractivity contribution is 7.99. The quantitative estimate of drug-likeness (QED) is 0.397. The van der Waals surface area contributed by atoms with Crippen LogP contribution in [0.3, 0.4) is 0 Å². The lowest BCUT2D eigenvalue weighted by Crippen LogP contribution is -2.54. The van der Waals surface area contributed by atoms with E-state index in [0.717, 1.165) is 18.0 Å². The van der Waals surface area contributed by atoms with Crippen LogP contribution >= 0.6 is 11.8 Å². The minimum absolute atomic E-state index is 0.406. The molecule has 4 heterocycles. The number of piperidine rings is 3. The van der Waals surface area contributed by atoms with Crippen molar-refractivity contribution in [3.05, 3.63) is 85.1 Å². The van der Waals surface area contributed by atoms with Gasteiger partial charge in [0.2, 0.25) is 0 Å². The van der Waals surface area contributed by atoms with Crippen LogP contribution in [0.5, 0.6) is 0 Å².